The molecule has 20 heavy (non-hydrogen) atoms. The van der Waals surface area contributed by atoms with Gasteiger partial charge >= 0.3 is 6.03 Å². The molecule has 116 valence electrons. The zero-order chi connectivity index (χ0) is 15.0. The molecule has 0 saturated carbocycles. The summed E-state index contributed by atoms with van der Waals surface area (Å²) in [5, 5.41) is 5.05. The van der Waals surface area contributed by atoms with Crippen molar-refractivity contribution in [1.82, 2.24) is 15.5 Å². The van der Waals surface area contributed by atoms with Crippen molar-refractivity contribution < 1.29 is 9.59 Å². The zero-order valence-electron chi connectivity index (χ0n) is 12.7. The topological polar surface area (TPSA) is 87.5 Å². The zero-order valence-corrected chi connectivity index (χ0v) is 12.7. The first-order valence-corrected chi connectivity index (χ1v) is 7.62. The van der Waals surface area contributed by atoms with Crippen LogP contribution in [0, 0.1) is 0 Å². The number of likely N-dealkylation sites (tertiary alicyclic amines) is 1. The predicted octanol–water partition coefficient (Wildman–Crippen LogP) is 0.814. The summed E-state index contributed by atoms with van der Waals surface area (Å²) in [4.78, 5) is 25.5. The number of unbranched alkanes of at least 4 members (excludes halogenated alkanes) is 1. The number of hydrogen-bond donors (Lipinski definition) is 3. The molecule has 2 unspecified atom stereocenters. The highest BCUT2D eigenvalue weighted by molar-refractivity contribution is 5.95. The van der Waals surface area contributed by atoms with Gasteiger partial charge in [-0.15, -0.1) is 0 Å². The molecule has 4 N–H and O–H groups in total. The van der Waals surface area contributed by atoms with E-state index in [0.717, 1.165) is 32.1 Å². The van der Waals surface area contributed by atoms with E-state index in [1.807, 2.05) is 0 Å². The van der Waals surface area contributed by atoms with Gasteiger partial charge in [0.1, 0.15) is 0 Å². The molecular weight excluding hydrogens is 256 g/mol. The molecule has 0 aromatic rings. The van der Waals surface area contributed by atoms with Gasteiger partial charge in [-0.25, -0.2) is 4.79 Å². The van der Waals surface area contributed by atoms with Crippen molar-refractivity contribution in [3.63, 3.8) is 0 Å². The summed E-state index contributed by atoms with van der Waals surface area (Å²) in [6.45, 7) is 5.55. The molecule has 0 aromatic heterocycles. The van der Waals surface area contributed by atoms with E-state index in [-0.39, 0.29) is 18.5 Å². The molecule has 6 heteroatoms. The number of urea groups is 1. The van der Waals surface area contributed by atoms with Crippen LogP contribution in [0.2, 0.25) is 0 Å². The maximum atomic E-state index is 11.9. The van der Waals surface area contributed by atoms with Gasteiger partial charge in [-0.2, -0.15) is 0 Å². The van der Waals surface area contributed by atoms with Crippen LogP contribution in [0.3, 0.4) is 0 Å². The maximum Gasteiger partial charge on any atom is 0.321 e. The Hall–Kier alpha value is -1.14. The third-order valence-corrected chi connectivity index (χ3v) is 3.86. The van der Waals surface area contributed by atoms with E-state index < -0.39 is 6.03 Å². The van der Waals surface area contributed by atoms with Crippen molar-refractivity contribution in [2.45, 2.75) is 58.0 Å². The largest absolute Gasteiger partial charge is 0.338 e. The van der Waals surface area contributed by atoms with Gasteiger partial charge in [0.25, 0.3) is 0 Å². The van der Waals surface area contributed by atoms with E-state index in [1.165, 1.54) is 0 Å². The fourth-order valence-electron chi connectivity index (χ4n) is 2.63. The van der Waals surface area contributed by atoms with Crippen molar-refractivity contribution in [2.75, 3.05) is 19.6 Å². The summed E-state index contributed by atoms with van der Waals surface area (Å²) >= 11 is 0. The standard InChI is InChI=1S/C14H28N4O2/c1-3-4-8-16-14(20)17-13(19)10-18-11(2)6-5-7-12(18)9-15/h11-12H,3-10,15H2,1-2H3,(H2,16,17,19,20). The second kappa shape index (κ2) is 8.92. The maximum absolute atomic E-state index is 11.9. The lowest BCUT2D eigenvalue weighted by molar-refractivity contribution is -0.122. The molecule has 1 aliphatic rings. The third kappa shape index (κ3) is 5.46. The SMILES string of the molecule is CCCCNC(=O)NC(=O)CN1C(C)CCCC1CN. The second-order valence-corrected chi connectivity index (χ2v) is 5.50. The molecule has 0 aromatic carbocycles. The molecule has 2 atom stereocenters. The Bertz CT molecular complexity index is 322. The quantitative estimate of drug-likeness (QED) is 0.630. The van der Waals surface area contributed by atoms with Crippen LogP contribution >= 0.6 is 0 Å². The summed E-state index contributed by atoms with van der Waals surface area (Å²) in [7, 11) is 0. The first-order chi connectivity index (χ1) is 9.58. The minimum absolute atomic E-state index is 0.240. The number of nitrogens with two attached hydrogens (primary N) is 1. The minimum Gasteiger partial charge on any atom is -0.338 e. The Kier molecular flexibility index (Phi) is 7.54. The van der Waals surface area contributed by atoms with Gasteiger partial charge < -0.3 is 11.1 Å². The van der Waals surface area contributed by atoms with E-state index in [0.29, 0.717) is 19.1 Å². The summed E-state index contributed by atoms with van der Waals surface area (Å²) < 4.78 is 0. The second-order valence-electron chi connectivity index (χ2n) is 5.50. The smallest absolute Gasteiger partial charge is 0.321 e. The first kappa shape index (κ1) is 16.9. The average molecular weight is 284 g/mol. The molecule has 1 rings (SSSR count). The number of amides is 3. The monoisotopic (exact) mass is 284 g/mol. The number of rotatable bonds is 6. The van der Waals surface area contributed by atoms with Crippen molar-refractivity contribution in [1.29, 1.82) is 0 Å². The number of carbonyl (C=O) groups excluding carboxylic acids is 2. The number of piperidine rings is 1. The molecule has 1 fully saturated rings. The van der Waals surface area contributed by atoms with Crippen LogP contribution < -0.4 is 16.4 Å². The van der Waals surface area contributed by atoms with Crippen LogP contribution in [0.5, 0.6) is 0 Å². The highest BCUT2D eigenvalue weighted by Crippen LogP contribution is 2.21. The summed E-state index contributed by atoms with van der Waals surface area (Å²) in [6, 6.07) is 0.177. The van der Waals surface area contributed by atoms with Gasteiger partial charge in [0.15, 0.2) is 0 Å². The number of nitrogens with zero attached hydrogens (tertiary/aromatic N) is 1. The minimum atomic E-state index is -0.405. The third-order valence-electron chi connectivity index (χ3n) is 3.86. The number of carbonyl (C=O) groups is 2. The molecule has 1 saturated heterocycles. The van der Waals surface area contributed by atoms with Gasteiger partial charge in [-0.1, -0.05) is 19.8 Å². The Morgan fingerprint density at radius 2 is 2.10 bits per heavy atom. The summed E-state index contributed by atoms with van der Waals surface area (Å²) in [6.07, 6.45) is 5.18. The Labute approximate surface area is 121 Å². The van der Waals surface area contributed by atoms with Crippen LogP contribution in [-0.2, 0) is 4.79 Å². The highest BCUT2D eigenvalue weighted by atomic mass is 16.2. The lowest BCUT2D eigenvalue weighted by Gasteiger charge is -2.39. The van der Waals surface area contributed by atoms with E-state index in [4.69, 9.17) is 5.73 Å². The van der Waals surface area contributed by atoms with E-state index in [1.54, 1.807) is 0 Å². The number of imide groups is 1. The molecule has 3 amide bonds. The highest BCUT2D eigenvalue weighted by Gasteiger charge is 2.28. The Balaban J connectivity index is 2.37. The Morgan fingerprint density at radius 3 is 2.75 bits per heavy atom. The van der Waals surface area contributed by atoms with Gasteiger partial charge in [0.05, 0.1) is 6.54 Å². The molecule has 0 bridgehead atoms. The van der Waals surface area contributed by atoms with E-state index >= 15 is 0 Å². The van der Waals surface area contributed by atoms with Crippen molar-refractivity contribution >= 4 is 11.9 Å². The molecule has 0 radical (unpaired) electrons. The molecule has 0 aliphatic carbocycles. The molecular formula is C14H28N4O2. The average Bonchev–Trinajstić information content (AvgIpc) is 2.41. The van der Waals surface area contributed by atoms with Crippen molar-refractivity contribution in [3.05, 3.63) is 0 Å². The molecule has 0 spiro atoms. The van der Waals surface area contributed by atoms with Crippen LogP contribution in [0.15, 0.2) is 0 Å². The number of hydrogen-bond acceptors (Lipinski definition) is 4. The molecule has 6 nitrogen and oxygen atoms in total. The van der Waals surface area contributed by atoms with Crippen LogP contribution in [-0.4, -0.2) is 48.6 Å². The van der Waals surface area contributed by atoms with Crippen LogP contribution in [0.4, 0.5) is 4.79 Å². The van der Waals surface area contributed by atoms with Crippen molar-refractivity contribution in [2.24, 2.45) is 5.73 Å². The normalized spacial score (nSPS) is 23.4. The van der Waals surface area contributed by atoms with E-state index in [2.05, 4.69) is 29.4 Å². The first-order valence-electron chi connectivity index (χ1n) is 7.62. The number of nitrogens with one attached hydrogen (secondary N) is 2. The fraction of sp³-hybridized carbons (Fsp3) is 0.857. The molecule has 1 heterocycles. The summed E-state index contributed by atoms with van der Waals surface area (Å²) in [5.74, 6) is -0.258. The lowest BCUT2D eigenvalue weighted by atomic mass is 9.96. The predicted molar refractivity (Wildman–Crippen MR) is 79.3 cm³/mol. The van der Waals surface area contributed by atoms with Gasteiger partial charge in [0.2, 0.25) is 5.91 Å². The van der Waals surface area contributed by atoms with Crippen molar-refractivity contribution in [3.8, 4) is 0 Å². The van der Waals surface area contributed by atoms with Gasteiger partial charge in [-0.3, -0.25) is 15.0 Å². The van der Waals surface area contributed by atoms with E-state index in [9.17, 15) is 9.59 Å². The molecule has 1 aliphatic heterocycles. The summed E-state index contributed by atoms with van der Waals surface area (Å²) in [5.41, 5.74) is 5.76. The van der Waals surface area contributed by atoms with Crippen LogP contribution in [0.25, 0.3) is 0 Å². The van der Waals surface area contributed by atoms with Crippen LogP contribution in [0.1, 0.15) is 46.0 Å². The van der Waals surface area contributed by atoms with Gasteiger partial charge in [-0.05, 0) is 26.2 Å². The Morgan fingerprint density at radius 1 is 1.35 bits per heavy atom. The fourth-order valence-corrected chi connectivity index (χ4v) is 2.63. The van der Waals surface area contributed by atoms with Gasteiger partial charge in [0, 0.05) is 25.2 Å². The lowest BCUT2D eigenvalue weighted by Crippen LogP contribution is -2.53.